The van der Waals surface area contributed by atoms with Crippen LogP contribution in [0.2, 0.25) is 0 Å². The molecule has 0 radical (unpaired) electrons. The number of hydrogen-bond donors (Lipinski definition) is 11. The number of imidazole rings is 2. The molecule has 4 saturated heterocycles. The number of amides is 1. The molecule has 5 aromatic carbocycles. The minimum Gasteiger partial charge on any atom is -0.507 e. The number of nitro benzene ring substituents is 1. The van der Waals surface area contributed by atoms with Crippen molar-refractivity contribution >= 4 is 88.5 Å². The summed E-state index contributed by atoms with van der Waals surface area (Å²) >= 11 is 0. The summed E-state index contributed by atoms with van der Waals surface area (Å²) in [5.41, 5.74) is -6.85. The van der Waals surface area contributed by atoms with Crippen LogP contribution >= 0.6 is 24.0 Å². The van der Waals surface area contributed by atoms with Crippen molar-refractivity contribution in [2.75, 3.05) is 14.2 Å². The largest absolute Gasteiger partial charge is 0.514 e. The maximum absolute atomic E-state index is 14.1. The fourth-order valence-corrected chi connectivity index (χ4v) is 17.5. The number of nitrogens with one attached hydrogen (secondary N) is 1. The van der Waals surface area contributed by atoms with Crippen molar-refractivity contribution in [3.05, 3.63) is 182 Å². The molecule has 133 heavy (non-hydrogen) atoms. The van der Waals surface area contributed by atoms with Gasteiger partial charge in [0.05, 0.1) is 115 Å². The van der Waals surface area contributed by atoms with Crippen LogP contribution < -0.4 is 19.5 Å². The van der Waals surface area contributed by atoms with Gasteiger partial charge in [-0.15, -0.1) is 24.0 Å². The van der Waals surface area contributed by atoms with Crippen LogP contribution in [-0.4, -0.2) is 261 Å². The smallest absolute Gasteiger partial charge is 0.507 e. The highest BCUT2D eigenvalue weighted by atomic mass is 127. The normalized spacial score (nSPS) is 27.2. The zero-order valence-corrected chi connectivity index (χ0v) is 75.7. The number of hydrogen-bond acceptors (Lipinski definition) is 40. The van der Waals surface area contributed by atoms with Gasteiger partial charge in [0, 0.05) is 103 Å². The van der Waals surface area contributed by atoms with Crippen molar-refractivity contribution in [3.63, 3.8) is 0 Å². The number of benzene rings is 5. The molecule has 0 spiro atoms. The molecule has 4 aliphatic heterocycles. The zero-order valence-electron chi connectivity index (χ0n) is 73.4. The van der Waals surface area contributed by atoms with Gasteiger partial charge in [-0.25, -0.2) is 18.7 Å². The Hall–Kier alpha value is -11.8. The lowest BCUT2D eigenvalue weighted by molar-refractivity contribution is -0.396. The second kappa shape index (κ2) is 40.2. The van der Waals surface area contributed by atoms with Crippen LogP contribution in [-0.2, 0) is 97.1 Å². The molecule has 1 amide bonds. The molecule has 716 valence electrons. The van der Waals surface area contributed by atoms with E-state index in [1.54, 1.807) is 27.7 Å². The number of methoxy groups -OCH3 is 2. The predicted molar refractivity (Wildman–Crippen MR) is 458 cm³/mol. The van der Waals surface area contributed by atoms with E-state index in [4.69, 9.17) is 61.6 Å². The third-order valence-corrected chi connectivity index (χ3v) is 24.3. The van der Waals surface area contributed by atoms with Crippen LogP contribution in [0.4, 0.5) is 27.2 Å². The van der Waals surface area contributed by atoms with Crippen molar-refractivity contribution in [2.24, 2.45) is 14.1 Å². The number of ether oxygens (including phenoxy) is 13. The number of aromatic hydroxyl groups is 4. The number of fused-ring (bicyclic) bond motifs is 8. The fraction of sp³-hybridized carbons (Fsp3) is 0.488. The molecule has 4 fully saturated rings. The Morgan fingerprint density at radius 3 is 1.42 bits per heavy atom. The second-order valence-electron chi connectivity index (χ2n) is 33.2. The Morgan fingerprint density at radius 1 is 0.564 bits per heavy atom. The van der Waals surface area contributed by atoms with Crippen molar-refractivity contribution in [1.29, 1.82) is 0 Å². The molecule has 2 aromatic heterocycles. The Kier molecular flexibility index (Phi) is 30.3. The van der Waals surface area contributed by atoms with E-state index in [0.717, 1.165) is 22.6 Å². The maximum atomic E-state index is 14.1. The Balaban J connectivity index is 0.000000196. The highest BCUT2D eigenvalue weighted by Gasteiger charge is 2.56. The number of Topliss-reactive ketones (excluding diaryl/α,β-unsaturated/α-hetero) is 2. The number of ketones is 6. The standard InChI is InChI=1S/C40H46N4O17.C34H41NO13.C12H10N4O7.HI/c1-16(45)10-26-59-18(3)37(51)43(39(52)57-15-20-14-41-38(42(20)5)44(54)55)23-11-27(58-17(2)36(23)61-26)60-25-13-40(53,19(4)46)12-22-29(25)35(50)31-30(33(22)48)32(47)21-8-7-9-24(56-6)28(21)34(31)49;1-13(36)9-22-46-15(3)33(42)35-19-10-23(45-14(2)32(19)48-22)47-21-12-34(43,16(4)37)11-18-25(21)31(41)27-26(29(18)39)28(38)17-7-6-8-20(44-5)24(17)30(27)40;1-14-9(6-13-11(14)16(20)21)7-22-12(17)23-10-4-2-8(3-5-10)15(18)19;/h7-9,14,16-18,23,25-27,36-37,45,48,50-51,53H,10-13,15H2,1-6H3;6-8,13-15,19,21-23,32-33,35-36,39,41-43H,9-12H2,1-5H3;2-6H,7H2,1H3;1H/t16?,17-,18?,23-,25-,26?,27-,36+,37?,40-;13?,14-,15?,19-,21-,22?,23-,32+,33?,34-;;/m00../s1. The number of aliphatic hydroxyl groups excluding tert-OH is 4. The quantitative estimate of drug-likeness (QED) is 0.00996. The third kappa shape index (κ3) is 19.9. The van der Waals surface area contributed by atoms with Gasteiger partial charge in [-0.2, -0.15) is 0 Å². The van der Waals surface area contributed by atoms with Crippen LogP contribution in [0.1, 0.15) is 203 Å². The number of halogens is 1. The van der Waals surface area contributed by atoms with E-state index in [0.29, 0.717) is 5.69 Å². The SMILES string of the molecule is COc1cccc2c1C(=O)c1c(O)c3c(c(O)c1C2=O)C[C@@](O)(C(C)=O)C[C@@H]3O[C@H]1C[C@@H]2NC(O)C(C)OC(CC(C)O)O[C@@H]2[C@H](C)O1.COc1cccc2c1C(=O)c1c(O)c3c(c(O)c1C2=O)C[C@@](O)(C(C)=O)C[C@@H]3O[C@H]1C[C@H]2[C@H](OC(CC(C)O)OC(C)C(O)N2C(=O)OCc2cnc([N+](=O)[O-])n2C)[C@H](C)O1.Cn1c(COC(=O)Oc2ccc([N+](=O)[O-])cc2)cnc1[N+](=O)[O-].I. The van der Waals surface area contributed by atoms with Crippen molar-refractivity contribution in [1.82, 2.24) is 29.3 Å². The molecule has 6 heterocycles. The van der Waals surface area contributed by atoms with E-state index >= 15 is 0 Å². The first-order valence-electron chi connectivity index (χ1n) is 41.6. The fourth-order valence-electron chi connectivity index (χ4n) is 17.5. The monoisotopic (exact) mass is 1980 g/mol. The molecule has 8 aliphatic rings. The molecule has 4 aliphatic carbocycles. The third-order valence-electron chi connectivity index (χ3n) is 24.3. The van der Waals surface area contributed by atoms with Gasteiger partial charge < -0.3 is 133 Å². The van der Waals surface area contributed by atoms with Crippen molar-refractivity contribution < 1.29 is 166 Å². The molecular formula is C86H98IN9O37. The highest BCUT2D eigenvalue weighted by Crippen LogP contribution is 2.56. The van der Waals surface area contributed by atoms with Crippen LogP contribution in [0.5, 0.6) is 40.2 Å². The molecule has 15 rings (SSSR count). The summed E-state index contributed by atoms with van der Waals surface area (Å²) in [6, 6.07) is 11.9. The zero-order chi connectivity index (χ0) is 96.2. The van der Waals surface area contributed by atoms with Gasteiger partial charge in [-0.05, 0) is 89.5 Å². The van der Waals surface area contributed by atoms with E-state index in [1.807, 2.05) is 0 Å². The molecule has 20 atom stereocenters. The van der Waals surface area contributed by atoms with Gasteiger partial charge in [0.15, 0.2) is 79.1 Å². The topological polar surface area (TPSA) is 639 Å². The van der Waals surface area contributed by atoms with Crippen molar-refractivity contribution in [3.8, 4) is 40.2 Å². The van der Waals surface area contributed by atoms with Crippen LogP contribution in [0.3, 0.4) is 0 Å². The van der Waals surface area contributed by atoms with Gasteiger partial charge in [0.25, 0.3) is 5.69 Å². The average molecular weight is 1980 g/mol. The van der Waals surface area contributed by atoms with Gasteiger partial charge in [0.1, 0.15) is 88.4 Å². The number of aliphatic hydroxyl groups is 6. The first-order valence-corrected chi connectivity index (χ1v) is 41.6. The summed E-state index contributed by atoms with van der Waals surface area (Å²) in [7, 11) is 5.40. The molecule has 8 unspecified atom stereocenters. The number of aromatic nitrogens is 4. The van der Waals surface area contributed by atoms with Crippen LogP contribution in [0.25, 0.3) is 0 Å². The van der Waals surface area contributed by atoms with Gasteiger partial charge in [-0.3, -0.25) is 49.1 Å². The maximum Gasteiger partial charge on any atom is 0.514 e. The van der Waals surface area contributed by atoms with E-state index in [-0.39, 0.29) is 142 Å². The lowest BCUT2D eigenvalue weighted by Gasteiger charge is -2.50. The average Bonchev–Trinajstić information content (AvgIpc) is 0.874. The summed E-state index contributed by atoms with van der Waals surface area (Å²) in [4.78, 5) is 146. The summed E-state index contributed by atoms with van der Waals surface area (Å²) < 4.78 is 77.7. The number of nitro groups is 3. The first kappa shape index (κ1) is 100. The Morgan fingerprint density at radius 2 is 0.992 bits per heavy atom. The van der Waals surface area contributed by atoms with E-state index in [2.05, 4.69) is 15.3 Å². The molecule has 46 nitrogen and oxygen atoms in total. The van der Waals surface area contributed by atoms with E-state index < -0.39 is 261 Å². The molecule has 47 heteroatoms. The summed E-state index contributed by atoms with van der Waals surface area (Å²) in [5.74, 6) is -7.94. The van der Waals surface area contributed by atoms with Crippen LogP contribution in [0.15, 0.2) is 73.1 Å². The van der Waals surface area contributed by atoms with Crippen molar-refractivity contribution in [2.45, 2.75) is 242 Å². The molecule has 7 aromatic rings. The van der Waals surface area contributed by atoms with Crippen LogP contribution in [0, 0.1) is 30.3 Å². The number of phenols is 4. The number of carbonyl (C=O) groups is 8. The summed E-state index contributed by atoms with van der Waals surface area (Å²) in [6.07, 6.45) is -18.7. The summed E-state index contributed by atoms with van der Waals surface area (Å²) in [6.45, 7) is 11.0. The Labute approximate surface area is 771 Å². The molecule has 0 bridgehead atoms. The number of non-ortho nitro benzene ring substituents is 1. The molecular weight excluding hydrogens is 1880 g/mol. The number of nitrogens with zero attached hydrogens (tertiary/aromatic N) is 8. The number of carbonyl (C=O) groups excluding carboxylic acids is 8. The predicted octanol–water partition coefficient (Wildman–Crippen LogP) is 6.30. The molecule has 0 saturated carbocycles. The van der Waals surface area contributed by atoms with E-state index in [9.17, 15) is 120 Å². The second-order valence-corrected chi connectivity index (χ2v) is 33.2. The van der Waals surface area contributed by atoms with E-state index in [1.165, 1.54) is 121 Å². The number of phenolic OH excluding ortho intramolecular Hbond substituents is 4. The van der Waals surface area contributed by atoms with Gasteiger partial charge in [0.2, 0.25) is 11.6 Å². The summed E-state index contributed by atoms with van der Waals surface area (Å²) in [5, 5.41) is 149. The number of rotatable bonds is 20. The minimum atomic E-state index is -2.21. The first-order chi connectivity index (χ1) is 62.3. The molecule has 11 N–H and O–H groups in total. The lowest BCUT2D eigenvalue weighted by atomic mass is 9.72. The van der Waals surface area contributed by atoms with Gasteiger partial charge in [-0.1, -0.05) is 34.2 Å². The van der Waals surface area contributed by atoms with Gasteiger partial charge >= 0.3 is 24.1 Å². The Bertz CT molecular complexity index is 5730. The lowest BCUT2D eigenvalue weighted by Crippen LogP contribution is -2.65. The highest BCUT2D eigenvalue weighted by molar-refractivity contribution is 14.0. The minimum absolute atomic E-state index is 0.